The van der Waals surface area contributed by atoms with Gasteiger partial charge in [0.1, 0.15) is 4.34 Å². The minimum Gasteiger partial charge on any atom is -0.340 e. The second-order valence-corrected chi connectivity index (χ2v) is 9.24. The van der Waals surface area contributed by atoms with Crippen LogP contribution < -0.4 is 10.2 Å². The largest absolute Gasteiger partial charge is 0.340 e. The molecule has 1 amide bonds. The fourth-order valence-electron chi connectivity index (χ4n) is 3.00. The number of anilines is 2. The third-order valence-electron chi connectivity index (χ3n) is 4.29. The number of carbonyl (C=O) groups is 1. The minimum atomic E-state index is -0.130. The fraction of sp³-hybridized carbons (Fsp3) is 0.294. The highest BCUT2D eigenvalue weighted by Crippen LogP contribution is 2.39. The Morgan fingerprint density at radius 3 is 2.85 bits per heavy atom. The van der Waals surface area contributed by atoms with E-state index in [4.69, 9.17) is 23.2 Å². The number of amides is 1. The minimum absolute atomic E-state index is 0.0361. The third-order valence-corrected chi connectivity index (χ3v) is 6.54. The highest BCUT2D eigenvalue weighted by atomic mass is 35.5. The molecule has 1 atom stereocenters. The van der Waals surface area contributed by atoms with Crippen LogP contribution in [-0.4, -0.2) is 33.9 Å². The van der Waals surface area contributed by atoms with Crippen molar-refractivity contribution in [2.24, 2.45) is 5.92 Å². The van der Waals surface area contributed by atoms with E-state index in [2.05, 4.69) is 20.3 Å². The van der Waals surface area contributed by atoms with Crippen LogP contribution in [0.3, 0.4) is 0 Å². The first kappa shape index (κ1) is 18.6. The third kappa shape index (κ3) is 4.24. The molecule has 6 nitrogen and oxygen atoms in total. The monoisotopic (exact) mass is 439 g/mol. The van der Waals surface area contributed by atoms with Crippen LogP contribution in [0.25, 0.3) is 11.3 Å². The number of carbonyl (C=O) groups excluding carboxylic acids is 1. The van der Waals surface area contributed by atoms with E-state index in [-0.39, 0.29) is 11.8 Å². The summed E-state index contributed by atoms with van der Waals surface area (Å²) in [7, 11) is 0. The summed E-state index contributed by atoms with van der Waals surface area (Å²) >= 11 is 14.9. The van der Waals surface area contributed by atoms with E-state index >= 15 is 0 Å². The predicted molar refractivity (Wildman–Crippen MR) is 111 cm³/mol. The van der Waals surface area contributed by atoms with Crippen LogP contribution in [0.2, 0.25) is 8.67 Å². The topological polar surface area (TPSA) is 71.0 Å². The molecule has 1 aliphatic rings. The maximum atomic E-state index is 12.7. The van der Waals surface area contributed by atoms with Gasteiger partial charge in [-0.3, -0.25) is 4.79 Å². The Morgan fingerprint density at radius 2 is 2.11 bits per heavy atom. The van der Waals surface area contributed by atoms with Gasteiger partial charge in [-0.05, 0) is 25.0 Å². The van der Waals surface area contributed by atoms with Crippen LogP contribution in [0.1, 0.15) is 12.8 Å². The Bertz CT molecular complexity index is 946. The van der Waals surface area contributed by atoms with Gasteiger partial charge in [0, 0.05) is 36.4 Å². The van der Waals surface area contributed by atoms with Crippen LogP contribution in [0.15, 0.2) is 29.9 Å². The van der Waals surface area contributed by atoms with Crippen molar-refractivity contribution in [1.82, 2.24) is 15.0 Å². The number of thiazole rings is 1. The van der Waals surface area contributed by atoms with Crippen molar-refractivity contribution in [2.45, 2.75) is 12.8 Å². The average Bonchev–Trinajstić information content (AvgIpc) is 3.28. The van der Waals surface area contributed by atoms with Gasteiger partial charge in [-0.1, -0.05) is 23.2 Å². The van der Waals surface area contributed by atoms with Crippen LogP contribution in [0, 0.1) is 5.92 Å². The number of nitrogens with zero attached hydrogens (tertiary/aromatic N) is 4. The van der Waals surface area contributed by atoms with E-state index in [9.17, 15) is 4.79 Å². The summed E-state index contributed by atoms with van der Waals surface area (Å²) in [6.07, 6.45) is 5.18. The highest BCUT2D eigenvalue weighted by molar-refractivity contribution is 7.20. The lowest BCUT2D eigenvalue weighted by atomic mass is 9.97. The molecule has 0 bridgehead atoms. The van der Waals surface area contributed by atoms with Gasteiger partial charge in [0.25, 0.3) is 0 Å². The number of halogens is 2. The van der Waals surface area contributed by atoms with E-state index in [0.29, 0.717) is 32.0 Å². The van der Waals surface area contributed by atoms with Gasteiger partial charge >= 0.3 is 0 Å². The molecule has 0 spiro atoms. The summed E-state index contributed by atoms with van der Waals surface area (Å²) in [5.74, 6) is 0.496. The zero-order valence-corrected chi connectivity index (χ0v) is 17.2. The SMILES string of the molecule is O=C(Nc1nc(-c2cc(Cl)sc2Cl)cs1)C1CCCN(c2ncccn2)C1. The van der Waals surface area contributed by atoms with Gasteiger partial charge < -0.3 is 10.2 Å². The molecule has 0 aliphatic carbocycles. The van der Waals surface area contributed by atoms with Crippen molar-refractivity contribution in [2.75, 3.05) is 23.3 Å². The molecular weight excluding hydrogens is 425 g/mol. The molecule has 3 aromatic rings. The summed E-state index contributed by atoms with van der Waals surface area (Å²) in [4.78, 5) is 27.8. The first-order chi connectivity index (χ1) is 13.1. The molecule has 4 heterocycles. The molecule has 3 aromatic heterocycles. The quantitative estimate of drug-likeness (QED) is 0.630. The molecule has 0 radical (unpaired) electrons. The van der Waals surface area contributed by atoms with E-state index < -0.39 is 0 Å². The van der Waals surface area contributed by atoms with Gasteiger partial charge in [0.05, 0.1) is 15.9 Å². The van der Waals surface area contributed by atoms with Gasteiger partial charge in [0.2, 0.25) is 11.9 Å². The molecule has 0 saturated carbocycles. The van der Waals surface area contributed by atoms with Crippen molar-refractivity contribution in [3.05, 3.63) is 38.6 Å². The number of nitrogens with one attached hydrogen (secondary N) is 1. The molecule has 1 saturated heterocycles. The summed E-state index contributed by atoms with van der Waals surface area (Å²) in [5.41, 5.74) is 1.50. The average molecular weight is 440 g/mol. The molecule has 0 aromatic carbocycles. The van der Waals surface area contributed by atoms with Gasteiger partial charge in [0.15, 0.2) is 5.13 Å². The van der Waals surface area contributed by atoms with Crippen molar-refractivity contribution >= 4 is 62.9 Å². The molecule has 140 valence electrons. The number of hydrogen-bond acceptors (Lipinski definition) is 7. The van der Waals surface area contributed by atoms with E-state index in [1.54, 1.807) is 24.5 Å². The zero-order chi connectivity index (χ0) is 18.8. The van der Waals surface area contributed by atoms with Gasteiger partial charge in [-0.25, -0.2) is 15.0 Å². The number of rotatable bonds is 4. The predicted octanol–water partition coefficient (Wildman–Crippen LogP) is 4.82. The highest BCUT2D eigenvalue weighted by Gasteiger charge is 2.27. The van der Waals surface area contributed by atoms with Crippen molar-refractivity contribution < 1.29 is 4.79 Å². The van der Waals surface area contributed by atoms with Crippen LogP contribution in [0.5, 0.6) is 0 Å². The smallest absolute Gasteiger partial charge is 0.231 e. The second kappa shape index (κ2) is 8.10. The van der Waals surface area contributed by atoms with Crippen molar-refractivity contribution in [3.63, 3.8) is 0 Å². The van der Waals surface area contributed by atoms with E-state index in [0.717, 1.165) is 24.9 Å². The molecule has 10 heteroatoms. The first-order valence-electron chi connectivity index (χ1n) is 8.33. The van der Waals surface area contributed by atoms with Crippen molar-refractivity contribution in [3.8, 4) is 11.3 Å². The Labute approximate surface area is 174 Å². The van der Waals surface area contributed by atoms with Gasteiger partial charge in [-0.2, -0.15) is 0 Å². The normalized spacial score (nSPS) is 17.1. The number of aromatic nitrogens is 3. The molecule has 1 fully saturated rings. The number of thiophene rings is 1. The zero-order valence-electron chi connectivity index (χ0n) is 14.1. The Balaban J connectivity index is 1.42. The summed E-state index contributed by atoms with van der Waals surface area (Å²) < 4.78 is 1.20. The standard InChI is InChI=1S/C17H15Cl2N5OS2/c18-13-7-11(14(19)27-13)12-9-26-17(22-12)23-15(25)10-3-1-6-24(8-10)16-20-4-2-5-21-16/h2,4-5,7,9-10H,1,3,6,8H2,(H,22,23,25). The molecule has 1 unspecified atom stereocenters. The summed E-state index contributed by atoms with van der Waals surface area (Å²) in [6, 6.07) is 3.57. The Morgan fingerprint density at radius 1 is 1.30 bits per heavy atom. The van der Waals surface area contributed by atoms with Crippen molar-refractivity contribution in [1.29, 1.82) is 0 Å². The molecule has 1 aliphatic heterocycles. The number of piperidine rings is 1. The Hall–Kier alpha value is -1.74. The number of hydrogen-bond donors (Lipinski definition) is 1. The van der Waals surface area contributed by atoms with E-state index in [1.807, 2.05) is 10.3 Å². The summed E-state index contributed by atoms with van der Waals surface area (Å²) in [6.45, 7) is 1.45. The maximum absolute atomic E-state index is 12.7. The van der Waals surface area contributed by atoms with Gasteiger partial charge in [-0.15, -0.1) is 22.7 Å². The lowest BCUT2D eigenvalue weighted by Gasteiger charge is -2.31. The van der Waals surface area contributed by atoms with E-state index in [1.165, 1.54) is 22.7 Å². The van der Waals surface area contributed by atoms with Crippen LogP contribution in [0.4, 0.5) is 11.1 Å². The molecular formula is C17H15Cl2N5OS2. The Kier molecular flexibility index (Phi) is 5.58. The fourth-order valence-corrected chi connectivity index (χ4v) is 5.20. The maximum Gasteiger partial charge on any atom is 0.231 e. The second-order valence-electron chi connectivity index (χ2n) is 6.10. The first-order valence-corrected chi connectivity index (χ1v) is 10.8. The molecule has 27 heavy (non-hydrogen) atoms. The van der Waals surface area contributed by atoms with Crippen LogP contribution >= 0.6 is 45.9 Å². The summed E-state index contributed by atoms with van der Waals surface area (Å²) in [5, 5.41) is 5.35. The lowest BCUT2D eigenvalue weighted by Crippen LogP contribution is -2.41. The molecule has 1 N–H and O–H groups in total. The molecule has 4 rings (SSSR count). The lowest BCUT2D eigenvalue weighted by molar-refractivity contribution is -0.120. The van der Waals surface area contributed by atoms with Crippen LogP contribution in [-0.2, 0) is 4.79 Å².